The monoisotopic (exact) mass is 327 g/mol. The van der Waals surface area contributed by atoms with Crippen molar-refractivity contribution in [2.24, 2.45) is 0 Å². The maximum atomic E-state index is 8.97. The second-order valence-electron chi connectivity index (χ2n) is 3.21. The molecule has 0 saturated heterocycles. The first-order valence-corrected chi connectivity index (χ1v) is 6.71. The Labute approximate surface area is 116 Å². The third-order valence-electron chi connectivity index (χ3n) is 2.06. The van der Waals surface area contributed by atoms with E-state index in [-0.39, 0.29) is 0 Å². The average molecular weight is 329 g/mol. The van der Waals surface area contributed by atoms with Gasteiger partial charge in [-0.3, -0.25) is 0 Å². The molecule has 0 saturated carbocycles. The lowest BCUT2D eigenvalue weighted by molar-refractivity contribution is 1.10. The number of anilines is 1. The Balaban J connectivity index is 2.13. The van der Waals surface area contributed by atoms with E-state index in [1.165, 1.54) is 11.3 Å². The average Bonchev–Trinajstić information content (AvgIpc) is 2.73. The van der Waals surface area contributed by atoms with Gasteiger partial charge in [0.1, 0.15) is 15.4 Å². The van der Waals surface area contributed by atoms with Crippen molar-refractivity contribution in [3.05, 3.63) is 43.8 Å². The van der Waals surface area contributed by atoms with Gasteiger partial charge in [-0.05, 0) is 18.2 Å². The Kier molecular flexibility index (Phi) is 4.00. The Bertz CT molecular complexity index is 576. The summed E-state index contributed by atoms with van der Waals surface area (Å²) in [4.78, 5) is 4.14. The van der Waals surface area contributed by atoms with Crippen molar-refractivity contribution in [3.8, 4) is 6.07 Å². The third-order valence-corrected chi connectivity index (χ3v) is 3.67. The van der Waals surface area contributed by atoms with Crippen molar-refractivity contribution >= 4 is 44.6 Å². The molecule has 0 aliphatic rings. The summed E-state index contributed by atoms with van der Waals surface area (Å²) in [5.41, 5.74) is 1.39. The maximum absolute atomic E-state index is 8.97. The van der Waals surface area contributed by atoms with E-state index < -0.39 is 0 Å². The van der Waals surface area contributed by atoms with E-state index >= 15 is 0 Å². The first kappa shape index (κ1) is 12.4. The first-order valence-electron chi connectivity index (χ1n) is 4.73. The number of hydrogen-bond donors (Lipinski definition) is 1. The molecule has 0 atom stereocenters. The molecule has 0 unspecified atom stereocenters. The fourth-order valence-corrected chi connectivity index (χ4v) is 2.56. The van der Waals surface area contributed by atoms with Gasteiger partial charge in [0, 0.05) is 4.47 Å². The molecule has 1 N–H and O–H groups in total. The maximum Gasteiger partial charge on any atom is 0.113 e. The molecule has 0 radical (unpaired) electrons. The van der Waals surface area contributed by atoms with Gasteiger partial charge in [-0.15, -0.1) is 11.3 Å². The van der Waals surface area contributed by atoms with E-state index in [9.17, 15) is 0 Å². The molecule has 6 heteroatoms. The Morgan fingerprint density at radius 1 is 1.53 bits per heavy atom. The number of nitriles is 1. The topological polar surface area (TPSA) is 48.7 Å². The lowest BCUT2D eigenvalue weighted by Gasteiger charge is -2.06. The van der Waals surface area contributed by atoms with E-state index in [1.54, 1.807) is 12.3 Å². The van der Waals surface area contributed by atoms with Gasteiger partial charge in [-0.1, -0.05) is 27.5 Å². The van der Waals surface area contributed by atoms with Gasteiger partial charge < -0.3 is 5.32 Å². The number of rotatable bonds is 3. The van der Waals surface area contributed by atoms with E-state index in [4.69, 9.17) is 16.9 Å². The van der Waals surface area contributed by atoms with Crippen molar-refractivity contribution in [1.29, 1.82) is 5.26 Å². The normalized spacial score (nSPS) is 9.94. The van der Waals surface area contributed by atoms with Crippen molar-refractivity contribution in [1.82, 2.24) is 4.98 Å². The zero-order valence-corrected chi connectivity index (χ0v) is 11.7. The summed E-state index contributed by atoms with van der Waals surface area (Å²) in [7, 11) is 0. The van der Waals surface area contributed by atoms with E-state index in [0.717, 1.165) is 15.2 Å². The van der Waals surface area contributed by atoms with Crippen LogP contribution in [0.15, 0.2) is 28.9 Å². The number of hydrogen-bond acceptors (Lipinski definition) is 4. The summed E-state index contributed by atoms with van der Waals surface area (Å²) in [6, 6.07) is 7.61. The number of nitrogens with one attached hydrogen (secondary N) is 1. The SMILES string of the molecule is N#Cc1ccc(Br)cc1NCc1ncc(Cl)s1. The molecule has 0 spiro atoms. The van der Waals surface area contributed by atoms with E-state index in [0.29, 0.717) is 16.4 Å². The van der Waals surface area contributed by atoms with Gasteiger partial charge in [-0.2, -0.15) is 5.26 Å². The lowest BCUT2D eigenvalue weighted by atomic mass is 10.2. The van der Waals surface area contributed by atoms with Gasteiger partial charge in [0.25, 0.3) is 0 Å². The summed E-state index contributed by atoms with van der Waals surface area (Å²) in [6.07, 6.45) is 1.62. The molecule has 0 amide bonds. The van der Waals surface area contributed by atoms with Crippen molar-refractivity contribution in [2.45, 2.75) is 6.54 Å². The molecule has 86 valence electrons. The van der Waals surface area contributed by atoms with Gasteiger partial charge >= 0.3 is 0 Å². The van der Waals surface area contributed by atoms with Crippen LogP contribution in [0.1, 0.15) is 10.6 Å². The highest BCUT2D eigenvalue weighted by molar-refractivity contribution is 9.10. The second kappa shape index (κ2) is 5.50. The minimum absolute atomic E-state index is 0.558. The molecule has 0 aliphatic heterocycles. The Morgan fingerprint density at radius 3 is 3.00 bits per heavy atom. The zero-order chi connectivity index (χ0) is 12.3. The molecule has 2 aromatic rings. The molecule has 17 heavy (non-hydrogen) atoms. The predicted molar refractivity (Wildman–Crippen MR) is 73.3 cm³/mol. The summed E-state index contributed by atoms with van der Waals surface area (Å²) in [5, 5.41) is 13.0. The summed E-state index contributed by atoms with van der Waals surface area (Å²) in [5.74, 6) is 0. The standard InChI is InChI=1S/C11H7BrClN3S/c12-8-2-1-7(4-14)9(3-8)15-6-11-16-5-10(13)17-11/h1-3,5,15H,6H2. The smallest absolute Gasteiger partial charge is 0.113 e. The molecule has 1 aromatic carbocycles. The third kappa shape index (κ3) is 3.19. The molecule has 2 rings (SSSR count). The number of thiazole rings is 1. The number of benzene rings is 1. The molecule has 0 bridgehead atoms. The second-order valence-corrected chi connectivity index (χ2v) is 5.88. The highest BCUT2D eigenvalue weighted by Crippen LogP contribution is 2.23. The van der Waals surface area contributed by atoms with Crippen LogP contribution in [0.25, 0.3) is 0 Å². The van der Waals surface area contributed by atoms with Crippen molar-refractivity contribution in [3.63, 3.8) is 0 Å². The molecular weight excluding hydrogens is 322 g/mol. The van der Waals surface area contributed by atoms with Crippen molar-refractivity contribution in [2.75, 3.05) is 5.32 Å². The lowest BCUT2D eigenvalue weighted by Crippen LogP contribution is -2.00. The molecule has 1 aromatic heterocycles. The van der Waals surface area contributed by atoms with Gasteiger partial charge in [0.2, 0.25) is 0 Å². The van der Waals surface area contributed by atoms with Crippen LogP contribution >= 0.6 is 38.9 Å². The summed E-state index contributed by atoms with van der Waals surface area (Å²) < 4.78 is 1.59. The zero-order valence-electron chi connectivity index (χ0n) is 8.58. The van der Waals surface area contributed by atoms with Crippen LogP contribution in [-0.4, -0.2) is 4.98 Å². The van der Waals surface area contributed by atoms with Crippen LogP contribution in [0.2, 0.25) is 4.34 Å². The van der Waals surface area contributed by atoms with Crippen molar-refractivity contribution < 1.29 is 0 Å². The quantitative estimate of drug-likeness (QED) is 0.925. The number of halogens is 2. The minimum atomic E-state index is 0.558. The number of nitrogens with zero attached hydrogens (tertiary/aromatic N) is 2. The van der Waals surface area contributed by atoms with E-state index in [1.807, 2.05) is 12.1 Å². The first-order chi connectivity index (χ1) is 8.19. The minimum Gasteiger partial charge on any atom is -0.377 e. The van der Waals surface area contributed by atoms with Crippen LogP contribution in [0.5, 0.6) is 0 Å². The molecule has 0 aliphatic carbocycles. The van der Waals surface area contributed by atoms with Crippen LogP contribution in [0.4, 0.5) is 5.69 Å². The fourth-order valence-electron chi connectivity index (χ4n) is 1.30. The Hall–Kier alpha value is -1.09. The highest BCUT2D eigenvalue weighted by Gasteiger charge is 2.04. The molecule has 3 nitrogen and oxygen atoms in total. The predicted octanol–water partition coefficient (Wildman–Crippen LogP) is 4.04. The summed E-state index contributed by atoms with van der Waals surface area (Å²) in [6.45, 7) is 0.558. The van der Waals surface area contributed by atoms with Gasteiger partial charge in [0.05, 0.1) is 24.0 Å². The molecular formula is C11H7BrClN3S. The number of aromatic nitrogens is 1. The Morgan fingerprint density at radius 2 is 2.35 bits per heavy atom. The van der Waals surface area contributed by atoms with Crippen LogP contribution in [-0.2, 0) is 6.54 Å². The summed E-state index contributed by atoms with van der Waals surface area (Å²) >= 11 is 10.6. The molecule has 0 fully saturated rings. The van der Waals surface area contributed by atoms with Gasteiger partial charge in [-0.25, -0.2) is 4.98 Å². The molecule has 1 heterocycles. The largest absolute Gasteiger partial charge is 0.377 e. The van der Waals surface area contributed by atoms with Crippen LogP contribution in [0, 0.1) is 11.3 Å². The van der Waals surface area contributed by atoms with Gasteiger partial charge in [0.15, 0.2) is 0 Å². The van der Waals surface area contributed by atoms with Crippen LogP contribution < -0.4 is 5.32 Å². The highest BCUT2D eigenvalue weighted by atomic mass is 79.9. The van der Waals surface area contributed by atoms with E-state index in [2.05, 4.69) is 32.3 Å². The fraction of sp³-hybridized carbons (Fsp3) is 0.0909. The van der Waals surface area contributed by atoms with Crippen LogP contribution in [0.3, 0.4) is 0 Å².